The molecule has 240 valence electrons. The van der Waals surface area contributed by atoms with Crippen LogP contribution in [0.3, 0.4) is 0 Å². The SMILES string of the molecule is CCCCCCCCCCCCCCCCCC[NH2+]CCCCCCCCCCCCCCCCCC.O.[Br-]. The summed E-state index contributed by atoms with van der Waals surface area (Å²) in [6.45, 7) is 7.36. The number of unbranched alkanes of at least 4 members (excludes halogenated alkanes) is 30. The van der Waals surface area contributed by atoms with Crippen molar-refractivity contribution in [3.8, 4) is 0 Å². The first-order valence-corrected chi connectivity index (χ1v) is 18.2. The Hall–Kier alpha value is 0.400. The summed E-state index contributed by atoms with van der Waals surface area (Å²) in [5.41, 5.74) is 0. The number of hydrogen-bond donors (Lipinski definition) is 1. The molecule has 0 saturated carbocycles. The summed E-state index contributed by atoms with van der Waals surface area (Å²) in [4.78, 5) is 0. The van der Waals surface area contributed by atoms with Crippen molar-refractivity contribution < 1.29 is 27.8 Å². The lowest BCUT2D eigenvalue weighted by molar-refractivity contribution is -0.655. The molecule has 3 heteroatoms. The minimum Gasteiger partial charge on any atom is -1.00 e. The molecule has 0 aromatic rings. The van der Waals surface area contributed by atoms with Crippen LogP contribution < -0.4 is 22.3 Å². The molecule has 0 aromatic heterocycles. The number of quaternary nitrogens is 1. The van der Waals surface area contributed by atoms with E-state index < -0.39 is 0 Å². The molecule has 0 atom stereocenters. The molecule has 0 radical (unpaired) electrons. The molecular weight excluding hydrogens is 542 g/mol. The van der Waals surface area contributed by atoms with Gasteiger partial charge in [0.2, 0.25) is 0 Å². The van der Waals surface area contributed by atoms with Crippen molar-refractivity contribution in [2.24, 2.45) is 0 Å². The van der Waals surface area contributed by atoms with E-state index >= 15 is 0 Å². The van der Waals surface area contributed by atoms with Crippen LogP contribution in [0.5, 0.6) is 0 Å². The average Bonchev–Trinajstić information content (AvgIpc) is 2.91. The van der Waals surface area contributed by atoms with Gasteiger partial charge in [-0.3, -0.25) is 0 Å². The summed E-state index contributed by atoms with van der Waals surface area (Å²) in [7, 11) is 0. The van der Waals surface area contributed by atoms with Gasteiger partial charge in [0.25, 0.3) is 0 Å². The monoisotopic (exact) mass is 620 g/mol. The molecule has 0 bridgehead atoms. The van der Waals surface area contributed by atoms with Crippen LogP contribution in [-0.2, 0) is 0 Å². The molecule has 0 fully saturated rings. The first-order chi connectivity index (χ1) is 18.4. The molecule has 0 aliphatic heterocycles. The van der Waals surface area contributed by atoms with Gasteiger partial charge < -0.3 is 27.8 Å². The quantitative estimate of drug-likeness (QED) is 0.0705. The van der Waals surface area contributed by atoms with Crippen LogP contribution >= 0.6 is 0 Å². The molecule has 0 heterocycles. The second-order valence-electron chi connectivity index (χ2n) is 12.5. The van der Waals surface area contributed by atoms with Crippen molar-refractivity contribution in [1.82, 2.24) is 0 Å². The Balaban J connectivity index is -0.00000648. The van der Waals surface area contributed by atoms with E-state index in [0.29, 0.717) is 0 Å². The molecule has 0 aliphatic carbocycles. The fourth-order valence-corrected chi connectivity index (χ4v) is 5.82. The fourth-order valence-electron chi connectivity index (χ4n) is 5.82. The van der Waals surface area contributed by atoms with Crippen molar-refractivity contribution in [2.75, 3.05) is 13.1 Å². The summed E-state index contributed by atoms with van der Waals surface area (Å²) >= 11 is 0. The van der Waals surface area contributed by atoms with Gasteiger partial charge in [-0.1, -0.05) is 194 Å². The molecule has 39 heavy (non-hydrogen) atoms. The Morgan fingerprint density at radius 2 is 0.410 bits per heavy atom. The molecule has 0 unspecified atom stereocenters. The van der Waals surface area contributed by atoms with E-state index in [1.807, 2.05) is 0 Å². The summed E-state index contributed by atoms with van der Waals surface area (Å²) in [6.07, 6.45) is 47.0. The van der Waals surface area contributed by atoms with Gasteiger partial charge in [0.1, 0.15) is 0 Å². The summed E-state index contributed by atoms with van der Waals surface area (Å²) in [5, 5.41) is 2.59. The smallest absolute Gasteiger partial charge is 0.0755 e. The van der Waals surface area contributed by atoms with Gasteiger partial charge in [-0.2, -0.15) is 0 Å². The maximum atomic E-state index is 2.59. The topological polar surface area (TPSA) is 48.1 Å². The van der Waals surface area contributed by atoms with Crippen LogP contribution in [-0.4, -0.2) is 18.6 Å². The summed E-state index contributed by atoms with van der Waals surface area (Å²) in [6, 6.07) is 0. The third kappa shape index (κ3) is 43.0. The van der Waals surface area contributed by atoms with Crippen molar-refractivity contribution in [2.45, 2.75) is 219 Å². The lowest BCUT2D eigenvalue weighted by atomic mass is 10.0. The van der Waals surface area contributed by atoms with E-state index in [9.17, 15) is 0 Å². The Labute approximate surface area is 259 Å². The molecular formula is C36H78BrNO. The Bertz CT molecular complexity index is 345. The fraction of sp³-hybridized carbons (Fsp3) is 1.00. The highest BCUT2D eigenvalue weighted by Crippen LogP contribution is 2.15. The zero-order valence-electron chi connectivity index (χ0n) is 27.5. The molecule has 0 saturated heterocycles. The number of halogens is 1. The van der Waals surface area contributed by atoms with Gasteiger partial charge >= 0.3 is 0 Å². The molecule has 0 amide bonds. The highest BCUT2D eigenvalue weighted by Gasteiger charge is 1.97. The molecule has 0 aliphatic rings. The number of rotatable bonds is 34. The van der Waals surface area contributed by atoms with Crippen molar-refractivity contribution in [3.05, 3.63) is 0 Å². The minimum absolute atomic E-state index is 0. The molecule has 4 N–H and O–H groups in total. The average molecular weight is 621 g/mol. The van der Waals surface area contributed by atoms with Crippen LogP contribution in [0.4, 0.5) is 0 Å². The third-order valence-electron chi connectivity index (χ3n) is 8.52. The largest absolute Gasteiger partial charge is 1.00 e. The lowest BCUT2D eigenvalue weighted by Gasteiger charge is -2.04. The van der Waals surface area contributed by atoms with Gasteiger partial charge in [-0.25, -0.2) is 0 Å². The maximum absolute atomic E-state index is 2.59. The predicted octanol–water partition coefficient (Wildman–Crippen LogP) is 8.25. The van der Waals surface area contributed by atoms with Gasteiger partial charge in [0.05, 0.1) is 13.1 Å². The molecule has 0 aromatic carbocycles. The van der Waals surface area contributed by atoms with E-state index in [4.69, 9.17) is 0 Å². The van der Waals surface area contributed by atoms with E-state index in [-0.39, 0.29) is 22.5 Å². The van der Waals surface area contributed by atoms with Gasteiger partial charge in [0, 0.05) is 0 Å². The van der Waals surface area contributed by atoms with Crippen LogP contribution in [0, 0.1) is 0 Å². The van der Waals surface area contributed by atoms with Gasteiger partial charge in [-0.05, 0) is 25.7 Å². The zero-order chi connectivity index (χ0) is 26.7. The second-order valence-corrected chi connectivity index (χ2v) is 12.5. The van der Waals surface area contributed by atoms with Crippen molar-refractivity contribution >= 4 is 0 Å². The Kier molecular flexibility index (Phi) is 48.2. The third-order valence-corrected chi connectivity index (χ3v) is 8.52. The summed E-state index contributed by atoms with van der Waals surface area (Å²) in [5.74, 6) is 0. The minimum atomic E-state index is 0. The molecule has 0 spiro atoms. The van der Waals surface area contributed by atoms with Crippen LogP contribution in [0.25, 0.3) is 0 Å². The molecule has 2 nitrogen and oxygen atoms in total. The van der Waals surface area contributed by atoms with Crippen molar-refractivity contribution in [3.63, 3.8) is 0 Å². The van der Waals surface area contributed by atoms with Crippen LogP contribution in [0.2, 0.25) is 0 Å². The Morgan fingerprint density at radius 1 is 0.256 bits per heavy atom. The highest BCUT2D eigenvalue weighted by molar-refractivity contribution is 4.51. The number of hydrogen-bond acceptors (Lipinski definition) is 0. The summed E-state index contributed by atoms with van der Waals surface area (Å²) < 4.78 is 0. The number of nitrogens with two attached hydrogens (primary N) is 1. The van der Waals surface area contributed by atoms with Crippen LogP contribution in [0.15, 0.2) is 0 Å². The highest BCUT2D eigenvalue weighted by atomic mass is 79.9. The van der Waals surface area contributed by atoms with E-state index in [1.54, 1.807) is 0 Å². The molecule has 0 rings (SSSR count). The normalized spacial score (nSPS) is 10.9. The van der Waals surface area contributed by atoms with Crippen LogP contribution in [0.1, 0.15) is 219 Å². The van der Waals surface area contributed by atoms with Gasteiger partial charge in [0.15, 0.2) is 0 Å². The lowest BCUT2D eigenvalue weighted by Crippen LogP contribution is -3.00. The van der Waals surface area contributed by atoms with Gasteiger partial charge in [-0.15, -0.1) is 0 Å². The first kappa shape index (κ1) is 43.8. The van der Waals surface area contributed by atoms with Crippen molar-refractivity contribution in [1.29, 1.82) is 0 Å². The second kappa shape index (κ2) is 42.9. The maximum Gasteiger partial charge on any atom is 0.0755 e. The zero-order valence-corrected chi connectivity index (χ0v) is 29.1. The predicted molar refractivity (Wildman–Crippen MR) is 174 cm³/mol. The first-order valence-electron chi connectivity index (χ1n) is 18.2. The standard InChI is InChI=1S/C36H75N.BrH.H2O/c1-3-5-7-9-11-13-15-17-19-21-23-25-27-29-31-33-35-37-36-34-32-30-28-26-24-22-20-18-16-14-12-10-8-6-4-2;;/h37H,3-36H2,1-2H3;1H;1H2. The van der Waals surface area contributed by atoms with E-state index in [1.165, 1.54) is 219 Å². The van der Waals surface area contributed by atoms with E-state index in [0.717, 1.165) is 0 Å². The Morgan fingerprint density at radius 3 is 0.590 bits per heavy atom. The van der Waals surface area contributed by atoms with E-state index in [2.05, 4.69) is 19.2 Å².